The van der Waals surface area contributed by atoms with Gasteiger partial charge in [0.05, 0.1) is 26.2 Å². The van der Waals surface area contributed by atoms with E-state index in [4.69, 9.17) is 9.47 Å². The van der Waals surface area contributed by atoms with Gasteiger partial charge in [-0.2, -0.15) is 0 Å². The lowest BCUT2D eigenvalue weighted by Gasteiger charge is -2.35. The molecule has 0 bridgehead atoms. The molecule has 0 saturated carbocycles. The Balaban J connectivity index is 1.86. The van der Waals surface area contributed by atoms with Gasteiger partial charge < -0.3 is 19.5 Å². The van der Waals surface area contributed by atoms with Crippen molar-refractivity contribution in [1.82, 2.24) is 9.97 Å². The smallest absolute Gasteiger partial charge is 0.141 e. The summed E-state index contributed by atoms with van der Waals surface area (Å²) in [7, 11) is 3.26. The number of anilines is 1. The second kappa shape index (κ2) is 6.41. The Morgan fingerprint density at radius 1 is 1.15 bits per heavy atom. The molecule has 0 saturated heterocycles. The number of β-amino-alcohol motifs (C(OH)–C–C–N with tert-alkyl or cyclic N) is 1. The average Bonchev–Trinajstić information content (AvgIpc) is 2.94. The third-order valence-electron chi connectivity index (χ3n) is 5.03. The van der Waals surface area contributed by atoms with E-state index in [1.807, 2.05) is 12.1 Å². The van der Waals surface area contributed by atoms with Crippen molar-refractivity contribution in [2.45, 2.75) is 26.5 Å². The third-order valence-corrected chi connectivity index (χ3v) is 6.15. The molecule has 0 radical (unpaired) electrons. The van der Waals surface area contributed by atoms with E-state index in [1.165, 1.54) is 10.4 Å². The van der Waals surface area contributed by atoms with Gasteiger partial charge in [0.25, 0.3) is 0 Å². The summed E-state index contributed by atoms with van der Waals surface area (Å²) in [6.07, 6.45) is 0.909. The zero-order valence-corrected chi connectivity index (χ0v) is 16.1. The summed E-state index contributed by atoms with van der Waals surface area (Å²) in [4.78, 5) is 13.3. The molecule has 136 valence electrons. The Kier molecular flexibility index (Phi) is 4.20. The highest BCUT2D eigenvalue weighted by atomic mass is 32.1. The molecule has 1 atom stereocenters. The molecular formula is C19H21N3O3S. The molecule has 0 aliphatic carbocycles. The van der Waals surface area contributed by atoms with Crippen LogP contribution in [0.5, 0.6) is 11.5 Å². The fourth-order valence-corrected chi connectivity index (χ4v) is 4.63. The van der Waals surface area contributed by atoms with E-state index in [0.717, 1.165) is 32.9 Å². The van der Waals surface area contributed by atoms with E-state index in [2.05, 4.69) is 28.7 Å². The van der Waals surface area contributed by atoms with Gasteiger partial charge in [-0.3, -0.25) is 0 Å². The number of hydrogen-bond donors (Lipinski definition) is 1. The second-order valence-electron chi connectivity index (χ2n) is 6.42. The van der Waals surface area contributed by atoms with E-state index >= 15 is 0 Å². The van der Waals surface area contributed by atoms with Crippen LogP contribution in [0.2, 0.25) is 0 Å². The molecule has 0 fully saturated rings. The minimum atomic E-state index is -0.686. The van der Waals surface area contributed by atoms with Gasteiger partial charge in [0.15, 0.2) is 0 Å². The Bertz CT molecular complexity index is 986. The molecule has 3 aromatic rings. The summed E-state index contributed by atoms with van der Waals surface area (Å²) in [5.74, 6) is 2.28. The minimum absolute atomic E-state index is 0.441. The lowest BCUT2D eigenvalue weighted by molar-refractivity contribution is 0.169. The number of aryl methyl sites for hydroxylation is 2. The topological polar surface area (TPSA) is 67.7 Å². The van der Waals surface area contributed by atoms with E-state index in [9.17, 15) is 5.11 Å². The maximum atomic E-state index is 10.9. The van der Waals surface area contributed by atoms with E-state index < -0.39 is 6.10 Å². The van der Waals surface area contributed by atoms with Crippen LogP contribution in [0, 0.1) is 13.8 Å². The number of rotatable bonds is 3. The number of aromatic nitrogens is 2. The zero-order chi connectivity index (χ0) is 18.4. The highest BCUT2D eigenvalue weighted by Gasteiger charge is 2.31. The van der Waals surface area contributed by atoms with Gasteiger partial charge in [-0.1, -0.05) is 0 Å². The van der Waals surface area contributed by atoms with E-state index in [1.54, 1.807) is 31.9 Å². The standard InChI is InChI=1S/C19H21N3O3S/c1-10-11(2)26-19-16(10)18(20-9-21-19)22-7-12-14(24-3)5-6-15(25-4)17(12)13(23)8-22/h5-6,9,13,23H,7-8H2,1-4H3/t13-/m0/s1. The Morgan fingerprint density at radius 2 is 1.88 bits per heavy atom. The Hall–Kier alpha value is -2.38. The fourth-order valence-electron chi connectivity index (χ4n) is 3.64. The zero-order valence-electron chi connectivity index (χ0n) is 15.2. The molecule has 1 aliphatic heterocycles. The van der Waals surface area contributed by atoms with Crippen LogP contribution < -0.4 is 14.4 Å². The summed E-state index contributed by atoms with van der Waals surface area (Å²) in [5, 5.41) is 11.9. The lowest BCUT2D eigenvalue weighted by atomic mass is 9.95. The number of fused-ring (bicyclic) bond motifs is 2. The molecule has 4 rings (SSSR count). The number of hydrogen-bond acceptors (Lipinski definition) is 7. The number of benzene rings is 1. The third kappa shape index (κ3) is 2.50. The van der Waals surface area contributed by atoms with Crippen molar-refractivity contribution in [2.24, 2.45) is 0 Å². The van der Waals surface area contributed by atoms with Gasteiger partial charge in [0.2, 0.25) is 0 Å². The molecular weight excluding hydrogens is 350 g/mol. The molecule has 6 nitrogen and oxygen atoms in total. The van der Waals surface area contributed by atoms with Gasteiger partial charge in [0, 0.05) is 22.5 Å². The van der Waals surface area contributed by atoms with Crippen molar-refractivity contribution in [3.63, 3.8) is 0 Å². The van der Waals surface area contributed by atoms with Crippen molar-refractivity contribution in [3.05, 3.63) is 40.0 Å². The Morgan fingerprint density at radius 3 is 2.62 bits per heavy atom. The van der Waals surface area contributed by atoms with Crippen molar-refractivity contribution in [1.29, 1.82) is 0 Å². The largest absolute Gasteiger partial charge is 0.496 e. The van der Waals surface area contributed by atoms with Crippen LogP contribution in [0.15, 0.2) is 18.5 Å². The SMILES string of the molecule is COc1ccc(OC)c2c1CN(c1ncnc3sc(C)c(C)c13)C[C@@H]2O. The molecule has 0 unspecified atom stereocenters. The lowest BCUT2D eigenvalue weighted by Crippen LogP contribution is -2.35. The molecule has 1 aliphatic rings. The van der Waals surface area contributed by atoms with Gasteiger partial charge >= 0.3 is 0 Å². The first-order valence-corrected chi connectivity index (χ1v) is 9.24. The molecule has 2 aromatic heterocycles. The number of ether oxygens (including phenoxy) is 2. The van der Waals surface area contributed by atoms with Crippen LogP contribution >= 0.6 is 11.3 Å². The van der Waals surface area contributed by atoms with E-state index in [-0.39, 0.29) is 0 Å². The van der Waals surface area contributed by atoms with Crippen LogP contribution in [0.3, 0.4) is 0 Å². The molecule has 0 spiro atoms. The van der Waals surface area contributed by atoms with Crippen LogP contribution in [-0.2, 0) is 6.54 Å². The quantitative estimate of drug-likeness (QED) is 0.761. The first kappa shape index (κ1) is 17.1. The number of methoxy groups -OCH3 is 2. The average molecular weight is 371 g/mol. The Labute approximate surface area is 156 Å². The first-order chi connectivity index (χ1) is 12.5. The number of nitrogens with zero attached hydrogens (tertiary/aromatic N) is 3. The van der Waals surface area contributed by atoms with Crippen molar-refractivity contribution >= 4 is 27.4 Å². The molecule has 7 heteroatoms. The summed E-state index contributed by atoms with van der Waals surface area (Å²) in [6.45, 7) is 5.23. The first-order valence-electron chi connectivity index (χ1n) is 8.42. The summed E-state index contributed by atoms with van der Waals surface area (Å²) in [6, 6.07) is 3.72. The van der Waals surface area contributed by atoms with Gasteiger partial charge in [0.1, 0.15) is 34.6 Å². The number of thiophene rings is 1. The summed E-state index contributed by atoms with van der Waals surface area (Å²) < 4.78 is 11.0. The minimum Gasteiger partial charge on any atom is -0.496 e. The summed E-state index contributed by atoms with van der Waals surface area (Å²) >= 11 is 1.67. The van der Waals surface area contributed by atoms with Crippen LogP contribution in [0.25, 0.3) is 10.2 Å². The monoisotopic (exact) mass is 371 g/mol. The second-order valence-corrected chi connectivity index (χ2v) is 7.62. The van der Waals surface area contributed by atoms with Crippen LogP contribution in [-0.4, -0.2) is 35.8 Å². The van der Waals surface area contributed by atoms with Crippen molar-refractivity contribution < 1.29 is 14.6 Å². The molecule has 3 heterocycles. The predicted molar refractivity (Wildman–Crippen MR) is 102 cm³/mol. The van der Waals surface area contributed by atoms with Gasteiger partial charge in [-0.15, -0.1) is 11.3 Å². The maximum Gasteiger partial charge on any atom is 0.141 e. The van der Waals surface area contributed by atoms with E-state index in [0.29, 0.717) is 18.8 Å². The highest BCUT2D eigenvalue weighted by Crippen LogP contribution is 2.42. The van der Waals surface area contributed by atoms with Crippen molar-refractivity contribution in [3.8, 4) is 11.5 Å². The number of aliphatic hydroxyl groups is 1. The molecule has 1 N–H and O–H groups in total. The fraction of sp³-hybridized carbons (Fsp3) is 0.368. The predicted octanol–water partition coefficient (Wildman–Crippen LogP) is 3.38. The van der Waals surface area contributed by atoms with Gasteiger partial charge in [-0.05, 0) is 31.5 Å². The van der Waals surface area contributed by atoms with Crippen molar-refractivity contribution in [2.75, 3.05) is 25.7 Å². The molecule has 1 aromatic carbocycles. The highest BCUT2D eigenvalue weighted by molar-refractivity contribution is 7.18. The molecule has 0 amide bonds. The number of aliphatic hydroxyl groups excluding tert-OH is 1. The van der Waals surface area contributed by atoms with Crippen LogP contribution in [0.4, 0.5) is 5.82 Å². The summed E-state index contributed by atoms with van der Waals surface area (Å²) in [5.41, 5.74) is 2.92. The van der Waals surface area contributed by atoms with Crippen LogP contribution in [0.1, 0.15) is 27.7 Å². The maximum absolute atomic E-state index is 10.9. The molecule has 26 heavy (non-hydrogen) atoms. The normalized spacial score (nSPS) is 16.7. The van der Waals surface area contributed by atoms with Gasteiger partial charge in [-0.25, -0.2) is 9.97 Å².